The first-order chi connectivity index (χ1) is 30.5. The quantitative estimate of drug-likeness (QED) is 0.133. The zero-order valence-corrected chi connectivity index (χ0v) is 39.9. The van der Waals surface area contributed by atoms with Crippen LogP contribution in [0.5, 0.6) is 0 Å². The van der Waals surface area contributed by atoms with E-state index in [1.807, 2.05) is 209 Å². The van der Waals surface area contributed by atoms with Gasteiger partial charge in [-0.2, -0.15) is 0 Å². The Balaban J connectivity index is 0.000000975. The minimum Gasteiger partial charge on any atom is -0.359 e. The number of thiophene rings is 2. The molecule has 0 unspecified atom stereocenters. The molecule has 336 valence electrons. The minimum atomic E-state index is -0.419. The van der Waals surface area contributed by atoms with Crippen molar-refractivity contribution in [3.63, 3.8) is 0 Å². The number of para-hydroxylation sites is 2. The zero-order valence-electron chi connectivity index (χ0n) is 38.3. The molecule has 0 saturated carbocycles. The fourth-order valence-electron chi connectivity index (χ4n) is 5.52. The van der Waals surface area contributed by atoms with Crippen LogP contribution in [0.1, 0.15) is 111 Å². The van der Waals surface area contributed by atoms with Gasteiger partial charge in [-0.1, -0.05) is 188 Å². The number of fused-ring (bicyclic) bond motifs is 2. The molecule has 0 aliphatic heterocycles. The predicted octanol–water partition coefficient (Wildman–Crippen LogP) is 15.8. The second-order valence-electron chi connectivity index (χ2n) is 11.1. The maximum atomic E-state index is 12.7. The molecule has 0 saturated heterocycles. The van der Waals surface area contributed by atoms with E-state index >= 15 is 0 Å². The summed E-state index contributed by atoms with van der Waals surface area (Å²) in [6.07, 6.45) is 2.94. The van der Waals surface area contributed by atoms with E-state index in [4.69, 9.17) is 0 Å². The van der Waals surface area contributed by atoms with Crippen molar-refractivity contribution in [3.05, 3.63) is 176 Å². The van der Waals surface area contributed by atoms with E-state index in [1.165, 1.54) is 35.1 Å². The monoisotopic (exact) mass is 888 g/mol. The molecule has 0 fully saturated rings. The molecule has 0 radical (unpaired) electrons. The Kier molecular flexibility index (Phi) is 29.1. The first-order valence-electron chi connectivity index (χ1n) is 21.6. The lowest BCUT2D eigenvalue weighted by Crippen LogP contribution is -2.21. The molecule has 4 N–H and O–H groups in total. The summed E-state index contributed by atoms with van der Waals surface area (Å²) < 4.78 is 0.559. The normalized spacial score (nSPS) is 9.08. The standard InChI is InChI=1S/2C20H14N2O2S.6C2H6.CH4/c23-18-15(12-21-17-10-11-25-19(17)18)20(24)22-16-9-5-4-8-14(16)13-6-2-1-3-7-13;23-18-15-10-11-25-20(15)21-12-16(18)19(24)22-17-9-5-4-8-14(17)13-6-2-1-3-7-13;6*1-2;/h2*1-12H,(H,21,23)(H,22,24);6*1-2H3;1H4. The van der Waals surface area contributed by atoms with Crippen LogP contribution in [-0.2, 0) is 0 Å². The van der Waals surface area contributed by atoms with Crippen molar-refractivity contribution in [2.75, 3.05) is 10.6 Å². The first-order valence-corrected chi connectivity index (χ1v) is 23.3. The van der Waals surface area contributed by atoms with Crippen LogP contribution < -0.4 is 21.5 Å². The fraction of sp³-hybridized carbons (Fsp3) is 0.245. The fourth-order valence-corrected chi connectivity index (χ4v) is 7.09. The SMILES string of the molecule is C.CC.CC.CC.CC.CC.CC.O=C(Nc1ccccc1-c1ccccc1)c1c[nH]c2ccsc2c1=O.O=C(Nc1ccccc1-c1ccccc1)c1c[nH]c2sccc2c1=O. The topological polar surface area (TPSA) is 124 Å². The van der Waals surface area contributed by atoms with Crippen molar-refractivity contribution in [3.8, 4) is 22.3 Å². The molecule has 0 spiro atoms. The molecule has 4 aromatic heterocycles. The summed E-state index contributed by atoms with van der Waals surface area (Å²) in [7, 11) is 0. The minimum absolute atomic E-state index is 0. The van der Waals surface area contributed by atoms with Crippen LogP contribution in [-0.4, -0.2) is 21.8 Å². The summed E-state index contributed by atoms with van der Waals surface area (Å²) in [5, 5.41) is 9.93. The Bertz CT molecular complexity index is 2410. The number of carbonyl (C=O) groups excluding carboxylic acids is 2. The van der Waals surface area contributed by atoms with Gasteiger partial charge in [-0.05, 0) is 46.2 Å². The van der Waals surface area contributed by atoms with Gasteiger partial charge in [0, 0.05) is 34.9 Å². The molecule has 8 aromatic rings. The van der Waals surface area contributed by atoms with Crippen molar-refractivity contribution in [2.24, 2.45) is 0 Å². The van der Waals surface area contributed by atoms with E-state index in [0.717, 1.165) is 32.6 Å². The molecule has 4 heterocycles. The number of hydrogen-bond acceptors (Lipinski definition) is 6. The van der Waals surface area contributed by atoms with Crippen LogP contribution in [0.15, 0.2) is 154 Å². The van der Waals surface area contributed by atoms with Gasteiger partial charge in [0.25, 0.3) is 11.8 Å². The smallest absolute Gasteiger partial charge is 0.261 e. The Morgan fingerprint density at radius 1 is 0.460 bits per heavy atom. The number of pyridine rings is 2. The van der Waals surface area contributed by atoms with Crippen LogP contribution in [0.25, 0.3) is 42.7 Å². The van der Waals surface area contributed by atoms with Crippen molar-refractivity contribution in [1.82, 2.24) is 9.97 Å². The number of H-pyrrole nitrogens is 2. The molecule has 8 rings (SSSR count). The predicted molar refractivity (Wildman–Crippen MR) is 279 cm³/mol. The molecule has 10 heteroatoms. The summed E-state index contributed by atoms with van der Waals surface area (Å²) in [6, 6.07) is 38.3. The van der Waals surface area contributed by atoms with Gasteiger partial charge in [0.05, 0.1) is 15.6 Å². The molecule has 4 aromatic carbocycles. The maximum Gasteiger partial charge on any atom is 0.261 e. The van der Waals surface area contributed by atoms with E-state index in [1.54, 1.807) is 6.07 Å². The molecular formula is C53H68N4O4S2. The number of rotatable bonds is 6. The molecule has 0 bridgehead atoms. The lowest BCUT2D eigenvalue weighted by Gasteiger charge is -2.11. The number of benzene rings is 4. The summed E-state index contributed by atoms with van der Waals surface area (Å²) >= 11 is 2.77. The van der Waals surface area contributed by atoms with E-state index < -0.39 is 11.8 Å². The molecule has 0 atom stereocenters. The Morgan fingerprint density at radius 2 is 0.857 bits per heavy atom. The molecule has 63 heavy (non-hydrogen) atoms. The number of aromatic nitrogens is 2. The molecule has 0 aliphatic rings. The van der Waals surface area contributed by atoms with Gasteiger partial charge in [0.2, 0.25) is 10.9 Å². The highest BCUT2D eigenvalue weighted by atomic mass is 32.1. The van der Waals surface area contributed by atoms with E-state index in [9.17, 15) is 19.2 Å². The lowest BCUT2D eigenvalue weighted by molar-refractivity contribution is 0.101. The third-order valence-corrected chi connectivity index (χ3v) is 9.76. The summed E-state index contributed by atoms with van der Waals surface area (Å²) in [6.45, 7) is 24.0. The first kappa shape index (κ1) is 56.6. The maximum absolute atomic E-state index is 12.7. The summed E-state index contributed by atoms with van der Waals surface area (Å²) in [4.78, 5) is 57.1. The van der Waals surface area contributed by atoms with Crippen molar-refractivity contribution in [1.29, 1.82) is 0 Å². The second kappa shape index (κ2) is 32.4. The van der Waals surface area contributed by atoms with Crippen LogP contribution in [0.3, 0.4) is 0 Å². The highest BCUT2D eigenvalue weighted by Crippen LogP contribution is 2.29. The third-order valence-electron chi connectivity index (χ3n) is 8.00. The molecule has 2 amide bonds. The highest BCUT2D eigenvalue weighted by Gasteiger charge is 2.17. The highest BCUT2D eigenvalue weighted by molar-refractivity contribution is 7.17. The number of anilines is 2. The summed E-state index contributed by atoms with van der Waals surface area (Å²) in [5.74, 6) is -0.835. The van der Waals surface area contributed by atoms with Crippen LogP contribution >= 0.6 is 22.7 Å². The van der Waals surface area contributed by atoms with E-state index in [0.29, 0.717) is 21.5 Å². The number of amides is 2. The Morgan fingerprint density at radius 3 is 1.33 bits per heavy atom. The zero-order chi connectivity index (χ0) is 46.5. The van der Waals surface area contributed by atoms with Gasteiger partial charge in [-0.15, -0.1) is 22.7 Å². The Hall–Kier alpha value is -6.36. The van der Waals surface area contributed by atoms with Gasteiger partial charge in [-0.25, -0.2) is 0 Å². The average molecular weight is 889 g/mol. The van der Waals surface area contributed by atoms with Crippen LogP contribution in [0.4, 0.5) is 11.4 Å². The molecule has 0 aliphatic carbocycles. The number of hydrogen-bond donors (Lipinski definition) is 4. The van der Waals surface area contributed by atoms with Gasteiger partial charge in [-0.3, -0.25) is 19.2 Å². The number of aromatic amines is 2. The molecular weight excluding hydrogens is 821 g/mol. The number of nitrogens with one attached hydrogen (secondary N) is 4. The van der Waals surface area contributed by atoms with Crippen molar-refractivity contribution in [2.45, 2.75) is 90.5 Å². The average Bonchev–Trinajstić information content (AvgIpc) is 4.06. The van der Waals surface area contributed by atoms with Crippen molar-refractivity contribution >= 4 is 66.3 Å². The van der Waals surface area contributed by atoms with Gasteiger partial charge >= 0.3 is 0 Å². The van der Waals surface area contributed by atoms with Crippen LogP contribution in [0, 0.1) is 0 Å². The van der Waals surface area contributed by atoms with Gasteiger partial charge in [0.1, 0.15) is 16.0 Å². The van der Waals surface area contributed by atoms with Crippen LogP contribution in [0.2, 0.25) is 0 Å². The number of carbonyl (C=O) groups is 2. The lowest BCUT2D eigenvalue weighted by atomic mass is 10.0. The largest absolute Gasteiger partial charge is 0.359 e. The van der Waals surface area contributed by atoms with E-state index in [-0.39, 0.29) is 29.4 Å². The van der Waals surface area contributed by atoms with Gasteiger partial charge < -0.3 is 20.6 Å². The third kappa shape index (κ3) is 15.5. The second-order valence-corrected chi connectivity index (χ2v) is 13.0. The van der Waals surface area contributed by atoms with E-state index in [2.05, 4.69) is 20.6 Å². The van der Waals surface area contributed by atoms with Gasteiger partial charge in [0.15, 0.2) is 0 Å². The molecule has 8 nitrogen and oxygen atoms in total. The Labute approximate surface area is 383 Å². The van der Waals surface area contributed by atoms with Crippen molar-refractivity contribution < 1.29 is 9.59 Å². The summed E-state index contributed by atoms with van der Waals surface area (Å²) in [5.41, 5.74) is 5.61.